The molecule has 0 bridgehead atoms. The Hall–Kier alpha value is -0.880. The molecular weight excluding hydrogens is 223 g/mol. The van der Waals surface area contributed by atoms with Crippen LogP contribution < -0.4 is 0 Å². The molecule has 0 spiro atoms. The average Bonchev–Trinajstić information content (AvgIpc) is 1.96. The van der Waals surface area contributed by atoms with E-state index in [1.165, 1.54) is 13.8 Å². The normalized spacial score (nSPS) is 15.5. The van der Waals surface area contributed by atoms with E-state index in [9.17, 15) is 26.7 Å². The van der Waals surface area contributed by atoms with E-state index in [0.717, 1.165) is 0 Å². The van der Waals surface area contributed by atoms with E-state index in [1.54, 1.807) is 0 Å². The minimum atomic E-state index is -5.83. The van der Waals surface area contributed by atoms with Crippen LogP contribution >= 0.6 is 0 Å². The van der Waals surface area contributed by atoms with Crippen LogP contribution in [0.25, 0.3) is 0 Å². The van der Waals surface area contributed by atoms with Crippen LogP contribution in [-0.2, 0) is 4.79 Å². The molecule has 15 heavy (non-hydrogen) atoms. The fourth-order valence-electron chi connectivity index (χ4n) is 1.07. The fourth-order valence-corrected chi connectivity index (χ4v) is 1.07. The maximum absolute atomic E-state index is 12.7. The van der Waals surface area contributed by atoms with Crippen molar-refractivity contribution >= 4 is 5.97 Å². The average molecular weight is 234 g/mol. The molecule has 1 unspecified atom stereocenters. The molecule has 0 aromatic carbocycles. The zero-order valence-corrected chi connectivity index (χ0v) is 8.11. The van der Waals surface area contributed by atoms with Crippen LogP contribution in [0.4, 0.5) is 22.0 Å². The molecule has 0 aromatic heterocycles. The molecule has 1 N–H and O–H groups in total. The fraction of sp³-hybridized carbons (Fsp3) is 0.875. The molecule has 0 heterocycles. The van der Waals surface area contributed by atoms with Crippen LogP contribution in [0.2, 0.25) is 0 Å². The number of aliphatic carboxylic acids is 1. The third-order valence-electron chi connectivity index (χ3n) is 1.82. The van der Waals surface area contributed by atoms with Crippen molar-refractivity contribution in [3.8, 4) is 0 Å². The van der Waals surface area contributed by atoms with Gasteiger partial charge in [-0.2, -0.15) is 22.0 Å². The van der Waals surface area contributed by atoms with Crippen molar-refractivity contribution in [1.82, 2.24) is 0 Å². The first kappa shape index (κ1) is 14.1. The van der Waals surface area contributed by atoms with E-state index in [2.05, 4.69) is 0 Å². The Kier molecular flexibility index (Phi) is 4.07. The molecular formula is C8H11F5O2. The van der Waals surface area contributed by atoms with Crippen molar-refractivity contribution in [1.29, 1.82) is 0 Å². The Morgan fingerprint density at radius 1 is 1.20 bits per heavy atom. The monoisotopic (exact) mass is 234 g/mol. The Morgan fingerprint density at radius 3 is 1.80 bits per heavy atom. The van der Waals surface area contributed by atoms with E-state index in [4.69, 9.17) is 5.11 Å². The Bertz CT molecular complexity index is 234. The first-order chi connectivity index (χ1) is 6.50. The van der Waals surface area contributed by atoms with Gasteiger partial charge in [0.15, 0.2) is 0 Å². The zero-order valence-electron chi connectivity index (χ0n) is 8.11. The first-order valence-corrected chi connectivity index (χ1v) is 4.17. The van der Waals surface area contributed by atoms with Crippen LogP contribution in [0, 0.1) is 11.8 Å². The molecule has 0 aliphatic rings. The molecule has 0 fully saturated rings. The second-order valence-corrected chi connectivity index (χ2v) is 3.64. The van der Waals surface area contributed by atoms with Gasteiger partial charge >= 0.3 is 18.1 Å². The topological polar surface area (TPSA) is 37.3 Å². The summed E-state index contributed by atoms with van der Waals surface area (Å²) in [4.78, 5) is 10.3. The third kappa shape index (κ3) is 3.32. The number of hydrogen-bond donors (Lipinski definition) is 1. The lowest BCUT2D eigenvalue weighted by molar-refractivity contribution is -0.302. The lowest BCUT2D eigenvalue weighted by Gasteiger charge is -2.26. The SMILES string of the molecule is CC(C)CC(C(=O)O)C(F)(F)C(F)(F)F. The largest absolute Gasteiger partial charge is 0.481 e. The quantitative estimate of drug-likeness (QED) is 0.759. The van der Waals surface area contributed by atoms with Gasteiger partial charge < -0.3 is 5.11 Å². The number of carboxylic acid groups (broad SMARTS) is 1. The Morgan fingerprint density at radius 2 is 1.60 bits per heavy atom. The Balaban J connectivity index is 4.99. The minimum Gasteiger partial charge on any atom is -0.481 e. The molecule has 90 valence electrons. The van der Waals surface area contributed by atoms with Gasteiger partial charge in [-0.25, -0.2) is 0 Å². The molecule has 2 nitrogen and oxygen atoms in total. The van der Waals surface area contributed by atoms with Gasteiger partial charge in [0.1, 0.15) is 5.92 Å². The van der Waals surface area contributed by atoms with Crippen LogP contribution in [-0.4, -0.2) is 23.2 Å². The molecule has 0 amide bonds. The number of alkyl halides is 5. The van der Waals surface area contributed by atoms with Gasteiger partial charge in [-0.3, -0.25) is 4.79 Å². The second-order valence-electron chi connectivity index (χ2n) is 3.64. The summed E-state index contributed by atoms with van der Waals surface area (Å²) < 4.78 is 61.0. The minimum absolute atomic E-state index is 0.556. The van der Waals surface area contributed by atoms with Gasteiger partial charge in [0.25, 0.3) is 0 Å². The summed E-state index contributed by atoms with van der Waals surface area (Å²) in [5.74, 6) is -10.6. The zero-order chi connectivity index (χ0) is 12.4. The van der Waals surface area contributed by atoms with Crippen LogP contribution in [0.1, 0.15) is 20.3 Å². The highest BCUT2D eigenvalue weighted by molar-refractivity contribution is 5.71. The molecule has 1 atom stereocenters. The number of rotatable bonds is 4. The predicted molar refractivity (Wildman–Crippen MR) is 41.6 cm³/mol. The van der Waals surface area contributed by atoms with Gasteiger partial charge in [0.2, 0.25) is 0 Å². The third-order valence-corrected chi connectivity index (χ3v) is 1.82. The van der Waals surface area contributed by atoms with Crippen LogP contribution in [0.15, 0.2) is 0 Å². The first-order valence-electron chi connectivity index (χ1n) is 4.17. The van der Waals surface area contributed by atoms with Gasteiger partial charge in [0, 0.05) is 0 Å². The maximum atomic E-state index is 12.7. The highest BCUT2D eigenvalue weighted by Gasteiger charge is 2.64. The van der Waals surface area contributed by atoms with E-state index in [0.29, 0.717) is 0 Å². The van der Waals surface area contributed by atoms with Gasteiger partial charge in [-0.1, -0.05) is 13.8 Å². The number of hydrogen-bond acceptors (Lipinski definition) is 1. The molecule has 0 aromatic rings. The van der Waals surface area contributed by atoms with Crippen molar-refractivity contribution in [2.75, 3.05) is 0 Å². The van der Waals surface area contributed by atoms with Crippen molar-refractivity contribution in [3.63, 3.8) is 0 Å². The summed E-state index contributed by atoms with van der Waals surface area (Å²) in [5.41, 5.74) is 0. The smallest absolute Gasteiger partial charge is 0.454 e. The van der Waals surface area contributed by atoms with E-state index < -0.39 is 36.3 Å². The summed E-state index contributed by atoms with van der Waals surface area (Å²) in [6.45, 7) is 2.75. The number of halogens is 5. The molecule has 0 saturated heterocycles. The molecule has 0 saturated carbocycles. The standard InChI is InChI=1S/C8H11F5O2/c1-4(2)3-5(6(14)15)7(9,10)8(11,12)13/h4-5H,3H2,1-2H3,(H,14,15). The molecule has 0 aliphatic carbocycles. The summed E-state index contributed by atoms with van der Waals surface area (Å²) in [6, 6.07) is 0. The van der Waals surface area contributed by atoms with Crippen molar-refractivity contribution in [2.24, 2.45) is 11.8 Å². The highest BCUT2D eigenvalue weighted by atomic mass is 19.4. The second kappa shape index (κ2) is 4.32. The predicted octanol–water partition coefficient (Wildman–Crippen LogP) is 2.93. The molecule has 0 radical (unpaired) electrons. The summed E-state index contributed by atoms with van der Waals surface area (Å²) in [6.07, 6.45) is -6.55. The summed E-state index contributed by atoms with van der Waals surface area (Å²) >= 11 is 0. The van der Waals surface area contributed by atoms with Crippen molar-refractivity contribution in [3.05, 3.63) is 0 Å². The maximum Gasteiger partial charge on any atom is 0.454 e. The van der Waals surface area contributed by atoms with Gasteiger partial charge in [-0.05, 0) is 12.3 Å². The molecule has 0 rings (SSSR count). The summed E-state index contributed by atoms with van der Waals surface area (Å²) in [7, 11) is 0. The van der Waals surface area contributed by atoms with E-state index in [1.807, 2.05) is 0 Å². The van der Waals surface area contributed by atoms with Gasteiger partial charge in [-0.15, -0.1) is 0 Å². The van der Waals surface area contributed by atoms with Crippen LogP contribution in [0.5, 0.6) is 0 Å². The lowest BCUT2D eigenvalue weighted by atomic mass is 9.91. The lowest BCUT2D eigenvalue weighted by Crippen LogP contribution is -2.47. The number of carbonyl (C=O) groups is 1. The van der Waals surface area contributed by atoms with E-state index >= 15 is 0 Å². The van der Waals surface area contributed by atoms with Crippen molar-refractivity contribution < 1.29 is 31.9 Å². The van der Waals surface area contributed by atoms with Crippen molar-refractivity contribution in [2.45, 2.75) is 32.4 Å². The summed E-state index contributed by atoms with van der Waals surface area (Å²) in [5, 5.41) is 8.34. The highest BCUT2D eigenvalue weighted by Crippen LogP contribution is 2.43. The number of carboxylic acids is 1. The van der Waals surface area contributed by atoms with Crippen LogP contribution in [0.3, 0.4) is 0 Å². The molecule has 0 aliphatic heterocycles. The van der Waals surface area contributed by atoms with E-state index in [-0.39, 0.29) is 0 Å². The van der Waals surface area contributed by atoms with Gasteiger partial charge in [0.05, 0.1) is 0 Å². The molecule has 7 heteroatoms. The Labute approximate surface area is 83.1 Å².